The summed E-state index contributed by atoms with van der Waals surface area (Å²) in [5.74, 6) is 0.539. The van der Waals surface area contributed by atoms with E-state index in [1.807, 2.05) is 19.1 Å². The zero-order chi connectivity index (χ0) is 15.3. The van der Waals surface area contributed by atoms with Crippen LogP contribution in [0.15, 0.2) is 29.2 Å². The minimum absolute atomic E-state index is 0.0874. The Kier molecular flexibility index (Phi) is 6.05. The summed E-state index contributed by atoms with van der Waals surface area (Å²) in [5, 5.41) is 0. The molecule has 0 saturated carbocycles. The predicted octanol–water partition coefficient (Wildman–Crippen LogP) is 2.23. The largest absolute Gasteiger partial charge is 0.302 e. The van der Waals surface area contributed by atoms with Crippen molar-refractivity contribution in [2.75, 3.05) is 25.5 Å². The maximum Gasteiger partial charge on any atom is 0.240 e. The molecule has 1 heterocycles. The number of hydrogen-bond donors (Lipinski definition) is 1. The van der Waals surface area contributed by atoms with E-state index in [9.17, 15) is 8.42 Å². The summed E-state index contributed by atoms with van der Waals surface area (Å²) in [7, 11) is -3.44. The van der Waals surface area contributed by atoms with Gasteiger partial charge in [-0.2, -0.15) is 0 Å². The highest BCUT2D eigenvalue weighted by molar-refractivity contribution is 7.89. The van der Waals surface area contributed by atoms with E-state index >= 15 is 0 Å². The van der Waals surface area contributed by atoms with E-state index in [4.69, 9.17) is 11.6 Å². The molecule has 4 nitrogen and oxygen atoms in total. The summed E-state index contributed by atoms with van der Waals surface area (Å²) in [6.07, 6.45) is 3.17. The van der Waals surface area contributed by atoms with Crippen LogP contribution in [0.3, 0.4) is 0 Å². The number of rotatable bonds is 7. The molecule has 1 fully saturated rings. The van der Waals surface area contributed by atoms with Crippen LogP contribution in [0.4, 0.5) is 0 Å². The number of nitrogens with one attached hydrogen (secondary N) is 1. The Morgan fingerprint density at radius 1 is 1.24 bits per heavy atom. The first-order valence-corrected chi connectivity index (χ1v) is 9.42. The minimum atomic E-state index is -3.44. The fourth-order valence-corrected chi connectivity index (χ4v) is 4.12. The van der Waals surface area contributed by atoms with Crippen molar-refractivity contribution >= 4 is 21.6 Å². The number of likely N-dealkylation sites (tertiary alicyclic amines) is 1. The minimum Gasteiger partial charge on any atom is -0.302 e. The van der Waals surface area contributed by atoms with Gasteiger partial charge in [-0.15, -0.1) is 11.6 Å². The number of halogens is 1. The fraction of sp³-hybridized carbons (Fsp3) is 0.600. The molecule has 1 unspecified atom stereocenters. The van der Waals surface area contributed by atoms with Gasteiger partial charge in [0.25, 0.3) is 0 Å². The van der Waals surface area contributed by atoms with Crippen LogP contribution in [0, 0.1) is 0 Å². The molecule has 1 aromatic rings. The van der Waals surface area contributed by atoms with Crippen molar-refractivity contribution in [1.29, 1.82) is 0 Å². The van der Waals surface area contributed by atoms with E-state index in [1.165, 1.54) is 12.8 Å². The lowest BCUT2D eigenvalue weighted by Gasteiger charge is -2.21. The molecule has 1 atom stereocenters. The topological polar surface area (TPSA) is 49.4 Å². The van der Waals surface area contributed by atoms with Gasteiger partial charge in [0.2, 0.25) is 10.0 Å². The van der Waals surface area contributed by atoms with Gasteiger partial charge in [-0.05, 0) is 57.0 Å². The molecular weight excluding hydrogens is 308 g/mol. The van der Waals surface area contributed by atoms with Crippen molar-refractivity contribution in [1.82, 2.24) is 9.62 Å². The summed E-state index contributed by atoms with van der Waals surface area (Å²) in [6, 6.07) is 6.85. The lowest BCUT2D eigenvalue weighted by molar-refractivity contribution is 0.313. The number of aryl methyl sites for hydroxylation is 1. The Labute approximate surface area is 132 Å². The molecule has 1 N–H and O–H groups in total. The van der Waals surface area contributed by atoms with Gasteiger partial charge in [0.1, 0.15) is 0 Å². The highest BCUT2D eigenvalue weighted by Gasteiger charge is 2.20. The van der Waals surface area contributed by atoms with E-state index in [0.29, 0.717) is 10.8 Å². The van der Waals surface area contributed by atoms with Crippen LogP contribution in [0.5, 0.6) is 0 Å². The predicted molar refractivity (Wildman–Crippen MR) is 86.3 cm³/mol. The lowest BCUT2D eigenvalue weighted by Crippen LogP contribution is -2.41. The number of nitrogens with zero attached hydrogens (tertiary/aromatic N) is 1. The second-order valence-electron chi connectivity index (χ2n) is 5.61. The van der Waals surface area contributed by atoms with Crippen LogP contribution in [0.2, 0.25) is 0 Å². The van der Waals surface area contributed by atoms with Gasteiger partial charge in [-0.3, -0.25) is 0 Å². The molecule has 1 saturated heterocycles. The van der Waals surface area contributed by atoms with Crippen LogP contribution in [-0.2, 0) is 16.4 Å². The standard InChI is InChI=1S/C15H23ClN2O2S/c1-13(12-18-10-2-3-11-18)17-21(19,20)15-6-4-14(5-7-15)8-9-16/h4-7,13,17H,2-3,8-12H2,1H3. The third kappa shape index (κ3) is 4.95. The van der Waals surface area contributed by atoms with Gasteiger partial charge in [0, 0.05) is 18.5 Å². The highest BCUT2D eigenvalue weighted by atomic mass is 35.5. The molecule has 0 radical (unpaired) electrons. The summed E-state index contributed by atoms with van der Waals surface area (Å²) in [4.78, 5) is 2.62. The SMILES string of the molecule is CC(CN1CCCC1)NS(=O)(=O)c1ccc(CCCl)cc1. The first-order chi connectivity index (χ1) is 10.0. The average molecular weight is 331 g/mol. The number of hydrogen-bond acceptors (Lipinski definition) is 3. The van der Waals surface area contributed by atoms with Crippen molar-refractivity contribution < 1.29 is 8.42 Å². The third-order valence-corrected chi connectivity index (χ3v) is 5.50. The Morgan fingerprint density at radius 2 is 1.86 bits per heavy atom. The van der Waals surface area contributed by atoms with Crippen molar-refractivity contribution in [2.45, 2.75) is 37.1 Å². The van der Waals surface area contributed by atoms with E-state index in [2.05, 4.69) is 9.62 Å². The van der Waals surface area contributed by atoms with Gasteiger partial charge in [0.15, 0.2) is 0 Å². The quantitative estimate of drug-likeness (QED) is 0.780. The molecule has 0 aromatic heterocycles. The zero-order valence-corrected chi connectivity index (χ0v) is 14.0. The van der Waals surface area contributed by atoms with Crippen LogP contribution >= 0.6 is 11.6 Å². The highest BCUT2D eigenvalue weighted by Crippen LogP contribution is 2.13. The number of benzene rings is 1. The number of alkyl halides is 1. The second kappa shape index (κ2) is 7.58. The molecule has 1 aliphatic rings. The van der Waals surface area contributed by atoms with E-state index in [0.717, 1.165) is 31.6 Å². The summed E-state index contributed by atoms with van der Waals surface area (Å²) in [5.41, 5.74) is 1.05. The molecule has 2 rings (SSSR count). The maximum atomic E-state index is 12.3. The third-order valence-electron chi connectivity index (χ3n) is 3.70. The normalized spacial score (nSPS) is 18.0. The number of sulfonamides is 1. The van der Waals surface area contributed by atoms with E-state index in [1.54, 1.807) is 12.1 Å². The first-order valence-electron chi connectivity index (χ1n) is 7.41. The molecule has 0 bridgehead atoms. The van der Waals surface area contributed by atoms with Crippen LogP contribution in [0.25, 0.3) is 0 Å². The van der Waals surface area contributed by atoms with Crippen LogP contribution in [-0.4, -0.2) is 44.9 Å². The monoisotopic (exact) mass is 330 g/mol. The molecule has 1 aliphatic heterocycles. The van der Waals surface area contributed by atoms with Crippen LogP contribution < -0.4 is 4.72 Å². The smallest absolute Gasteiger partial charge is 0.240 e. The maximum absolute atomic E-state index is 12.3. The van der Waals surface area contributed by atoms with Gasteiger partial charge in [-0.25, -0.2) is 13.1 Å². The Hall–Kier alpha value is -0.620. The molecule has 1 aromatic carbocycles. The Balaban J connectivity index is 1.96. The van der Waals surface area contributed by atoms with Gasteiger partial charge < -0.3 is 4.90 Å². The van der Waals surface area contributed by atoms with Gasteiger partial charge in [0.05, 0.1) is 4.90 Å². The zero-order valence-electron chi connectivity index (χ0n) is 12.4. The van der Waals surface area contributed by atoms with Crippen molar-refractivity contribution in [3.05, 3.63) is 29.8 Å². The van der Waals surface area contributed by atoms with E-state index < -0.39 is 10.0 Å². The second-order valence-corrected chi connectivity index (χ2v) is 7.70. The average Bonchev–Trinajstić information content (AvgIpc) is 2.92. The first kappa shape index (κ1) is 16.7. The molecule has 118 valence electrons. The fourth-order valence-electron chi connectivity index (χ4n) is 2.67. The summed E-state index contributed by atoms with van der Waals surface area (Å²) in [6.45, 7) is 4.82. The molecule has 21 heavy (non-hydrogen) atoms. The van der Waals surface area contributed by atoms with Crippen LogP contribution in [0.1, 0.15) is 25.3 Å². The summed E-state index contributed by atoms with van der Waals surface area (Å²) < 4.78 is 27.4. The molecule has 0 amide bonds. The Bertz CT molecular complexity index is 539. The van der Waals surface area contributed by atoms with Gasteiger partial charge >= 0.3 is 0 Å². The molecule has 0 aliphatic carbocycles. The molecular formula is C15H23ClN2O2S. The summed E-state index contributed by atoms with van der Waals surface area (Å²) >= 11 is 5.68. The van der Waals surface area contributed by atoms with E-state index in [-0.39, 0.29) is 6.04 Å². The molecule has 0 spiro atoms. The van der Waals surface area contributed by atoms with Gasteiger partial charge in [-0.1, -0.05) is 12.1 Å². The Morgan fingerprint density at radius 3 is 2.43 bits per heavy atom. The van der Waals surface area contributed by atoms with Crippen molar-refractivity contribution in [2.24, 2.45) is 0 Å². The van der Waals surface area contributed by atoms with Crippen molar-refractivity contribution in [3.63, 3.8) is 0 Å². The lowest BCUT2D eigenvalue weighted by atomic mass is 10.2. The van der Waals surface area contributed by atoms with Crippen molar-refractivity contribution in [3.8, 4) is 0 Å². The molecule has 6 heteroatoms.